The van der Waals surface area contributed by atoms with Crippen LogP contribution in [0, 0.1) is 3.57 Å². The van der Waals surface area contributed by atoms with Gasteiger partial charge in [-0.05, 0) is 115 Å². The standard InChI is InChI=1S/C28H20BrIN2O3S/c1-34-24-14-17(15-25-27(33)32-28(36-25)31-21-11-9-20(30)10-12-21)13-23(29)26(24)35-16-19-7-4-6-18-5-2-3-8-22(18)19/h2-15H,16H2,1H3,(H,31,32,33)/b25-15+. The molecule has 1 saturated heterocycles. The summed E-state index contributed by atoms with van der Waals surface area (Å²) in [4.78, 5) is 17.6. The summed E-state index contributed by atoms with van der Waals surface area (Å²) in [5, 5.41) is 5.71. The number of rotatable bonds is 6. The lowest BCUT2D eigenvalue weighted by atomic mass is 10.1. The van der Waals surface area contributed by atoms with E-state index in [1.54, 1.807) is 7.11 Å². The summed E-state index contributed by atoms with van der Waals surface area (Å²) in [5.41, 5.74) is 2.69. The molecule has 0 atom stereocenters. The van der Waals surface area contributed by atoms with E-state index in [1.165, 1.54) is 17.1 Å². The Morgan fingerprint density at radius 1 is 1.06 bits per heavy atom. The van der Waals surface area contributed by atoms with Gasteiger partial charge in [0.15, 0.2) is 16.7 Å². The second kappa shape index (κ2) is 11.1. The normalized spacial score (nSPS) is 15.5. The minimum absolute atomic E-state index is 0.185. The van der Waals surface area contributed by atoms with E-state index in [4.69, 9.17) is 9.47 Å². The molecule has 5 nitrogen and oxygen atoms in total. The molecule has 0 radical (unpaired) electrons. The van der Waals surface area contributed by atoms with E-state index in [0.29, 0.717) is 28.2 Å². The Morgan fingerprint density at radius 3 is 2.64 bits per heavy atom. The Morgan fingerprint density at radius 2 is 1.83 bits per heavy atom. The Balaban J connectivity index is 1.36. The maximum Gasteiger partial charge on any atom is 0.264 e. The van der Waals surface area contributed by atoms with Crippen molar-refractivity contribution in [2.75, 3.05) is 7.11 Å². The molecule has 0 aromatic heterocycles. The van der Waals surface area contributed by atoms with Gasteiger partial charge in [0.25, 0.3) is 5.91 Å². The van der Waals surface area contributed by atoms with Crippen molar-refractivity contribution in [1.29, 1.82) is 0 Å². The van der Waals surface area contributed by atoms with Gasteiger partial charge in [0.05, 0.1) is 22.2 Å². The zero-order valence-corrected chi connectivity index (χ0v) is 23.7. The molecule has 4 aromatic rings. The first kappa shape index (κ1) is 24.9. The molecule has 0 unspecified atom stereocenters. The Hall–Kier alpha value is -2.82. The number of amidine groups is 1. The van der Waals surface area contributed by atoms with Crippen molar-refractivity contribution in [2.24, 2.45) is 4.99 Å². The van der Waals surface area contributed by atoms with Crippen molar-refractivity contribution >= 4 is 83.9 Å². The quantitative estimate of drug-likeness (QED) is 0.169. The average molecular weight is 671 g/mol. The van der Waals surface area contributed by atoms with E-state index < -0.39 is 0 Å². The zero-order chi connectivity index (χ0) is 25.1. The van der Waals surface area contributed by atoms with Crippen LogP contribution in [0.4, 0.5) is 5.69 Å². The fraction of sp³-hybridized carbons (Fsp3) is 0.0714. The molecule has 0 spiro atoms. The van der Waals surface area contributed by atoms with E-state index in [2.05, 4.69) is 73.1 Å². The third-order valence-electron chi connectivity index (χ3n) is 5.51. The molecule has 1 aliphatic rings. The number of hydrogen-bond acceptors (Lipinski definition) is 5. The fourth-order valence-corrected chi connectivity index (χ4v) is 5.57. The van der Waals surface area contributed by atoms with Crippen LogP contribution >= 0.6 is 50.3 Å². The number of amides is 1. The Kier molecular flexibility index (Phi) is 7.64. The first-order chi connectivity index (χ1) is 17.5. The van der Waals surface area contributed by atoms with Crippen LogP contribution in [-0.4, -0.2) is 18.2 Å². The number of nitrogens with one attached hydrogen (secondary N) is 1. The number of aliphatic imine (C=N–C) groups is 1. The smallest absolute Gasteiger partial charge is 0.264 e. The second-order valence-electron chi connectivity index (χ2n) is 7.92. The van der Waals surface area contributed by atoms with Crippen molar-refractivity contribution in [3.8, 4) is 11.5 Å². The summed E-state index contributed by atoms with van der Waals surface area (Å²) in [6, 6.07) is 26.0. The molecular weight excluding hydrogens is 651 g/mol. The number of fused-ring (bicyclic) bond motifs is 1. The highest BCUT2D eigenvalue weighted by atomic mass is 127. The summed E-state index contributed by atoms with van der Waals surface area (Å²) in [5.74, 6) is 1.00. The molecule has 1 aliphatic heterocycles. The lowest BCUT2D eigenvalue weighted by molar-refractivity contribution is -0.115. The molecule has 5 rings (SSSR count). The van der Waals surface area contributed by atoms with Crippen LogP contribution in [-0.2, 0) is 11.4 Å². The maximum absolute atomic E-state index is 12.6. The van der Waals surface area contributed by atoms with Crippen LogP contribution in [0.25, 0.3) is 16.8 Å². The molecule has 4 aromatic carbocycles. The molecule has 1 fully saturated rings. The number of nitrogens with zero attached hydrogens (tertiary/aromatic N) is 1. The van der Waals surface area contributed by atoms with Gasteiger partial charge < -0.3 is 14.8 Å². The molecule has 36 heavy (non-hydrogen) atoms. The highest BCUT2D eigenvalue weighted by Crippen LogP contribution is 2.39. The summed E-state index contributed by atoms with van der Waals surface area (Å²) in [7, 11) is 1.60. The molecule has 8 heteroatoms. The summed E-state index contributed by atoms with van der Waals surface area (Å²) in [6.45, 7) is 0.396. The van der Waals surface area contributed by atoms with Gasteiger partial charge in [0.2, 0.25) is 0 Å². The SMILES string of the molecule is COc1cc(/C=C2/SC(=Nc3ccc(I)cc3)NC2=O)cc(Br)c1OCc1cccc2ccccc12. The molecular formula is C28H20BrIN2O3S. The number of methoxy groups -OCH3 is 1. The van der Waals surface area contributed by atoms with E-state index in [0.717, 1.165) is 30.2 Å². The number of benzene rings is 4. The largest absolute Gasteiger partial charge is 0.493 e. The van der Waals surface area contributed by atoms with Gasteiger partial charge in [0, 0.05) is 3.57 Å². The van der Waals surface area contributed by atoms with Crippen LogP contribution in [0.5, 0.6) is 11.5 Å². The molecule has 0 saturated carbocycles. The number of ether oxygens (including phenoxy) is 2. The third-order valence-corrected chi connectivity index (χ3v) is 7.73. The predicted molar refractivity (Wildman–Crippen MR) is 159 cm³/mol. The van der Waals surface area contributed by atoms with Crippen LogP contribution in [0.1, 0.15) is 11.1 Å². The van der Waals surface area contributed by atoms with Gasteiger partial charge in [0.1, 0.15) is 6.61 Å². The Labute approximate surface area is 235 Å². The van der Waals surface area contributed by atoms with Crippen LogP contribution in [0.3, 0.4) is 0 Å². The number of hydrogen-bond donors (Lipinski definition) is 1. The highest BCUT2D eigenvalue weighted by Gasteiger charge is 2.24. The Bertz CT molecular complexity index is 1510. The van der Waals surface area contributed by atoms with Crippen molar-refractivity contribution in [3.05, 3.63) is 103 Å². The zero-order valence-electron chi connectivity index (χ0n) is 19.1. The number of halogens is 2. The molecule has 180 valence electrons. The number of thioether (sulfide) groups is 1. The van der Waals surface area contributed by atoms with E-state index in [-0.39, 0.29) is 5.91 Å². The third kappa shape index (κ3) is 5.61. The monoisotopic (exact) mass is 670 g/mol. The average Bonchev–Trinajstić information content (AvgIpc) is 3.22. The van der Waals surface area contributed by atoms with Gasteiger partial charge in [-0.15, -0.1) is 0 Å². The molecule has 1 N–H and O–H groups in total. The molecule has 0 aliphatic carbocycles. The topological polar surface area (TPSA) is 59.9 Å². The van der Waals surface area contributed by atoms with Gasteiger partial charge in [-0.2, -0.15) is 0 Å². The summed E-state index contributed by atoms with van der Waals surface area (Å²) < 4.78 is 13.7. The van der Waals surface area contributed by atoms with Gasteiger partial charge in [-0.3, -0.25) is 4.79 Å². The van der Waals surface area contributed by atoms with Crippen molar-refractivity contribution in [1.82, 2.24) is 5.32 Å². The fourth-order valence-electron chi connectivity index (χ4n) is 3.80. The lowest BCUT2D eigenvalue weighted by Gasteiger charge is -2.15. The molecule has 0 bridgehead atoms. The van der Waals surface area contributed by atoms with E-state index in [1.807, 2.05) is 60.7 Å². The molecule has 1 heterocycles. The van der Waals surface area contributed by atoms with Crippen molar-refractivity contribution in [3.63, 3.8) is 0 Å². The van der Waals surface area contributed by atoms with Gasteiger partial charge in [-0.1, -0.05) is 42.5 Å². The van der Waals surface area contributed by atoms with Crippen molar-refractivity contribution in [2.45, 2.75) is 6.61 Å². The lowest BCUT2D eigenvalue weighted by Crippen LogP contribution is -2.19. The van der Waals surface area contributed by atoms with E-state index in [9.17, 15) is 4.79 Å². The van der Waals surface area contributed by atoms with Gasteiger partial charge >= 0.3 is 0 Å². The minimum atomic E-state index is -0.185. The first-order valence-electron chi connectivity index (χ1n) is 11.0. The van der Waals surface area contributed by atoms with Crippen LogP contribution in [0.2, 0.25) is 0 Å². The maximum atomic E-state index is 12.6. The van der Waals surface area contributed by atoms with Gasteiger partial charge in [-0.25, -0.2) is 4.99 Å². The summed E-state index contributed by atoms with van der Waals surface area (Å²) >= 11 is 7.17. The van der Waals surface area contributed by atoms with Crippen LogP contribution < -0.4 is 14.8 Å². The predicted octanol–water partition coefficient (Wildman–Crippen LogP) is 7.69. The number of carbonyl (C=O) groups excluding carboxylic acids is 1. The van der Waals surface area contributed by atoms with Crippen LogP contribution in [0.15, 0.2) is 93.2 Å². The number of carbonyl (C=O) groups is 1. The highest BCUT2D eigenvalue weighted by molar-refractivity contribution is 14.1. The second-order valence-corrected chi connectivity index (χ2v) is 11.0. The summed E-state index contributed by atoms with van der Waals surface area (Å²) in [6.07, 6.45) is 1.82. The first-order valence-corrected chi connectivity index (χ1v) is 13.7. The van der Waals surface area contributed by atoms with E-state index >= 15 is 0 Å². The molecule has 1 amide bonds. The van der Waals surface area contributed by atoms with Crippen molar-refractivity contribution < 1.29 is 14.3 Å². The minimum Gasteiger partial charge on any atom is -0.493 e.